The van der Waals surface area contributed by atoms with E-state index in [-0.39, 0.29) is 17.7 Å². The molecule has 0 unspecified atom stereocenters. The van der Waals surface area contributed by atoms with Crippen LogP contribution in [0.2, 0.25) is 0 Å². The Morgan fingerprint density at radius 2 is 2.23 bits per heavy atom. The van der Waals surface area contributed by atoms with Gasteiger partial charge in [0.25, 0.3) is 0 Å². The maximum atomic E-state index is 10.6. The van der Waals surface area contributed by atoms with Crippen LogP contribution in [0.25, 0.3) is 0 Å². The first-order valence-electron chi connectivity index (χ1n) is 4.22. The highest BCUT2D eigenvalue weighted by atomic mass is 16.1. The van der Waals surface area contributed by atoms with Crippen LogP contribution in [0.5, 0.6) is 0 Å². The van der Waals surface area contributed by atoms with Gasteiger partial charge in [0, 0.05) is 17.3 Å². The Balaban J connectivity index is 2.81. The lowest BCUT2D eigenvalue weighted by atomic mass is 9.96. The minimum Gasteiger partial charge on any atom is -0.369 e. The Morgan fingerprint density at radius 3 is 2.62 bits per heavy atom. The molecule has 0 radical (unpaired) electrons. The molecule has 3 N–H and O–H groups in total. The second kappa shape index (κ2) is 3.20. The molecule has 0 aromatic carbocycles. The predicted octanol–water partition coefficient (Wildman–Crippen LogP) is 0.735. The zero-order valence-corrected chi connectivity index (χ0v) is 8.22. The smallest absolute Gasteiger partial charge is 0.223 e. The minimum absolute atomic E-state index is 0.0180. The average molecular weight is 181 g/mol. The Labute approximate surface area is 77.6 Å². The van der Waals surface area contributed by atoms with Gasteiger partial charge in [0.15, 0.2) is 0 Å². The number of aromatic nitrogens is 2. The molecule has 0 spiro atoms. The van der Waals surface area contributed by atoms with Crippen molar-refractivity contribution in [2.45, 2.75) is 32.6 Å². The van der Waals surface area contributed by atoms with Gasteiger partial charge in [-0.15, -0.1) is 0 Å². The molecule has 13 heavy (non-hydrogen) atoms. The van der Waals surface area contributed by atoms with Gasteiger partial charge in [0.2, 0.25) is 5.91 Å². The van der Waals surface area contributed by atoms with E-state index < -0.39 is 0 Å². The quantitative estimate of drug-likeness (QED) is 0.706. The van der Waals surface area contributed by atoms with Crippen LogP contribution >= 0.6 is 0 Å². The average Bonchev–Trinajstić information content (AvgIpc) is 2.32. The number of hydrogen-bond acceptors (Lipinski definition) is 2. The van der Waals surface area contributed by atoms with Gasteiger partial charge in [-0.2, -0.15) is 0 Å². The van der Waals surface area contributed by atoms with Gasteiger partial charge < -0.3 is 10.7 Å². The Hall–Kier alpha value is -1.32. The fourth-order valence-electron chi connectivity index (χ4n) is 1.02. The zero-order chi connectivity index (χ0) is 10.1. The minimum atomic E-state index is -0.343. The predicted molar refractivity (Wildman–Crippen MR) is 50.2 cm³/mol. The number of nitrogens with zero attached hydrogens (tertiary/aromatic N) is 1. The lowest BCUT2D eigenvalue weighted by Gasteiger charge is -2.13. The molecule has 4 nitrogen and oxygen atoms in total. The first kappa shape index (κ1) is 9.77. The first-order valence-corrected chi connectivity index (χ1v) is 4.22. The first-order chi connectivity index (χ1) is 5.89. The summed E-state index contributed by atoms with van der Waals surface area (Å²) in [6.07, 6.45) is 1.88. The van der Waals surface area contributed by atoms with Crippen LogP contribution in [0.3, 0.4) is 0 Å². The van der Waals surface area contributed by atoms with Crippen LogP contribution in [0.1, 0.15) is 32.3 Å². The molecule has 0 atom stereocenters. The molecular weight excluding hydrogens is 166 g/mol. The molecule has 72 valence electrons. The highest BCUT2D eigenvalue weighted by Crippen LogP contribution is 2.18. The number of carbonyl (C=O) groups is 1. The van der Waals surface area contributed by atoms with E-state index in [1.54, 1.807) is 6.20 Å². The number of nitrogens with two attached hydrogens (primary N) is 1. The van der Waals surface area contributed by atoms with Crippen LogP contribution < -0.4 is 5.73 Å². The lowest BCUT2D eigenvalue weighted by Crippen LogP contribution is -2.15. The van der Waals surface area contributed by atoms with Gasteiger partial charge in [-0.1, -0.05) is 20.8 Å². The Bertz CT molecular complexity index is 309. The molecule has 1 heterocycles. The number of nitrogens with one attached hydrogen (secondary N) is 1. The molecule has 0 bridgehead atoms. The lowest BCUT2D eigenvalue weighted by molar-refractivity contribution is -0.117. The largest absolute Gasteiger partial charge is 0.369 e. The summed E-state index contributed by atoms with van der Waals surface area (Å²) in [5.41, 5.74) is 5.81. The molecule has 1 rings (SSSR count). The summed E-state index contributed by atoms with van der Waals surface area (Å²) in [6, 6.07) is 0. The van der Waals surface area contributed by atoms with E-state index in [2.05, 4.69) is 30.7 Å². The second-order valence-corrected chi connectivity index (χ2v) is 4.15. The Morgan fingerprint density at radius 1 is 1.62 bits per heavy atom. The van der Waals surface area contributed by atoms with E-state index in [4.69, 9.17) is 5.73 Å². The van der Waals surface area contributed by atoms with E-state index in [0.717, 1.165) is 11.5 Å². The van der Waals surface area contributed by atoms with E-state index >= 15 is 0 Å². The topological polar surface area (TPSA) is 71.8 Å². The van der Waals surface area contributed by atoms with Crippen LogP contribution in [0, 0.1) is 0 Å². The van der Waals surface area contributed by atoms with Gasteiger partial charge in [0.05, 0.1) is 6.42 Å². The van der Waals surface area contributed by atoms with E-state index in [0.29, 0.717) is 0 Å². The van der Waals surface area contributed by atoms with E-state index in [1.165, 1.54) is 0 Å². The second-order valence-electron chi connectivity index (χ2n) is 4.15. The fourth-order valence-corrected chi connectivity index (χ4v) is 1.02. The summed E-state index contributed by atoms with van der Waals surface area (Å²) >= 11 is 0. The van der Waals surface area contributed by atoms with Gasteiger partial charge in [-0.25, -0.2) is 4.98 Å². The number of carbonyl (C=O) groups excluding carboxylic acids is 1. The molecule has 0 saturated heterocycles. The summed E-state index contributed by atoms with van der Waals surface area (Å²) in [4.78, 5) is 17.9. The SMILES string of the molecule is CC(C)(C)c1ncc(CC(N)=O)[nH]1. The number of aromatic amines is 1. The highest BCUT2D eigenvalue weighted by Gasteiger charge is 2.17. The molecule has 0 aliphatic carbocycles. The van der Waals surface area contributed by atoms with Crippen LogP contribution in [0.4, 0.5) is 0 Å². The molecule has 1 amide bonds. The van der Waals surface area contributed by atoms with E-state index in [9.17, 15) is 4.79 Å². The van der Waals surface area contributed by atoms with Gasteiger partial charge in [-0.05, 0) is 0 Å². The number of hydrogen-bond donors (Lipinski definition) is 2. The molecule has 0 aliphatic heterocycles. The number of amides is 1. The van der Waals surface area contributed by atoms with Crippen LogP contribution in [-0.4, -0.2) is 15.9 Å². The Kier molecular flexibility index (Phi) is 2.40. The maximum Gasteiger partial charge on any atom is 0.223 e. The molecule has 0 saturated carbocycles. The summed E-state index contributed by atoms with van der Waals surface area (Å²) < 4.78 is 0. The molecule has 1 aromatic rings. The monoisotopic (exact) mass is 181 g/mol. The van der Waals surface area contributed by atoms with Crippen molar-refractivity contribution in [3.8, 4) is 0 Å². The zero-order valence-electron chi connectivity index (χ0n) is 8.22. The summed E-state index contributed by atoms with van der Waals surface area (Å²) in [5.74, 6) is 0.535. The van der Waals surface area contributed by atoms with Crippen molar-refractivity contribution in [1.29, 1.82) is 0 Å². The molecule has 0 fully saturated rings. The van der Waals surface area contributed by atoms with Gasteiger partial charge in [-0.3, -0.25) is 4.79 Å². The molecule has 0 aliphatic rings. The fraction of sp³-hybridized carbons (Fsp3) is 0.556. The third-order valence-electron chi connectivity index (χ3n) is 1.70. The maximum absolute atomic E-state index is 10.6. The van der Waals surface area contributed by atoms with E-state index in [1.807, 2.05) is 0 Å². The van der Waals surface area contributed by atoms with Crippen LogP contribution in [-0.2, 0) is 16.6 Å². The van der Waals surface area contributed by atoms with Crippen molar-refractivity contribution in [3.05, 3.63) is 17.7 Å². The van der Waals surface area contributed by atoms with Crippen molar-refractivity contribution in [1.82, 2.24) is 9.97 Å². The number of imidazole rings is 1. The highest BCUT2D eigenvalue weighted by molar-refractivity contribution is 5.75. The normalized spacial score (nSPS) is 11.6. The van der Waals surface area contributed by atoms with Crippen molar-refractivity contribution >= 4 is 5.91 Å². The van der Waals surface area contributed by atoms with Crippen molar-refractivity contribution < 1.29 is 4.79 Å². The van der Waals surface area contributed by atoms with Crippen LogP contribution in [0.15, 0.2) is 6.20 Å². The molecule has 4 heteroatoms. The molecule has 1 aromatic heterocycles. The van der Waals surface area contributed by atoms with Crippen molar-refractivity contribution in [3.63, 3.8) is 0 Å². The number of rotatable bonds is 2. The number of primary amides is 1. The molecular formula is C9H15N3O. The summed E-state index contributed by atoms with van der Waals surface area (Å²) in [5, 5.41) is 0. The standard InChI is InChI=1S/C9H15N3O/c1-9(2,3)8-11-5-6(12-8)4-7(10)13/h5H,4H2,1-3H3,(H2,10,13)(H,11,12). The van der Waals surface area contributed by atoms with Gasteiger partial charge >= 0.3 is 0 Å². The number of H-pyrrole nitrogens is 1. The van der Waals surface area contributed by atoms with Gasteiger partial charge in [0.1, 0.15) is 5.82 Å². The van der Waals surface area contributed by atoms with Crippen molar-refractivity contribution in [2.75, 3.05) is 0 Å². The third-order valence-corrected chi connectivity index (χ3v) is 1.70. The third kappa shape index (κ3) is 2.57. The summed E-state index contributed by atoms with van der Waals surface area (Å²) in [7, 11) is 0. The van der Waals surface area contributed by atoms with Crippen molar-refractivity contribution in [2.24, 2.45) is 5.73 Å². The summed E-state index contributed by atoms with van der Waals surface area (Å²) in [6.45, 7) is 6.17.